The second kappa shape index (κ2) is 6.36. The molecule has 3 N–H and O–H groups in total. The normalized spacial score (nSPS) is 26.7. The van der Waals surface area contributed by atoms with E-state index in [0.29, 0.717) is 30.3 Å². The first-order valence-electron chi connectivity index (χ1n) is 9.08. The monoisotopic (exact) mass is 331 g/mol. The SMILES string of the molecule is CC(C)C[C@@H]1CN(c2nc3c(cc2C(N)=O)CCC3)CC[C@]1(C)O. The summed E-state index contributed by atoms with van der Waals surface area (Å²) in [7, 11) is 0. The van der Waals surface area contributed by atoms with Crippen molar-refractivity contribution in [3.8, 4) is 0 Å². The number of nitrogens with two attached hydrogens (primary N) is 1. The first-order chi connectivity index (χ1) is 11.3. The molecule has 1 aliphatic carbocycles. The average molecular weight is 331 g/mol. The molecule has 1 aliphatic heterocycles. The van der Waals surface area contributed by atoms with Crippen molar-refractivity contribution in [2.24, 2.45) is 17.6 Å². The number of hydrogen-bond donors (Lipinski definition) is 2. The number of aryl methyl sites for hydroxylation is 2. The number of nitrogens with zero attached hydrogens (tertiary/aromatic N) is 2. The molecule has 3 rings (SSSR count). The number of pyridine rings is 1. The van der Waals surface area contributed by atoms with Crippen LogP contribution in [0.15, 0.2) is 6.07 Å². The molecule has 2 atom stereocenters. The molecule has 132 valence electrons. The summed E-state index contributed by atoms with van der Waals surface area (Å²) >= 11 is 0. The molecule has 0 unspecified atom stereocenters. The second-order valence-corrected chi connectivity index (χ2v) is 8.06. The topological polar surface area (TPSA) is 79.5 Å². The number of fused-ring (bicyclic) bond motifs is 1. The maximum Gasteiger partial charge on any atom is 0.252 e. The number of primary amides is 1. The lowest BCUT2D eigenvalue weighted by molar-refractivity contribution is -0.0247. The van der Waals surface area contributed by atoms with Crippen molar-refractivity contribution in [1.29, 1.82) is 0 Å². The van der Waals surface area contributed by atoms with E-state index in [1.807, 2.05) is 13.0 Å². The minimum absolute atomic E-state index is 0.169. The highest BCUT2D eigenvalue weighted by molar-refractivity contribution is 5.98. The van der Waals surface area contributed by atoms with E-state index in [0.717, 1.165) is 43.5 Å². The molecule has 5 nitrogen and oxygen atoms in total. The standard InChI is InChI=1S/C19H29N3O2/c1-12(2)9-14-11-22(8-7-19(14,3)24)18-15(17(20)23)10-13-5-4-6-16(13)21-18/h10,12,14,24H,4-9,11H2,1-3H3,(H2,20,23)/t14-,19+/m1/s1. The van der Waals surface area contributed by atoms with Gasteiger partial charge in [0.05, 0.1) is 11.2 Å². The van der Waals surface area contributed by atoms with Gasteiger partial charge in [0.25, 0.3) is 5.91 Å². The first kappa shape index (κ1) is 17.2. The van der Waals surface area contributed by atoms with Crippen LogP contribution in [-0.4, -0.2) is 34.7 Å². The van der Waals surface area contributed by atoms with Crippen molar-refractivity contribution in [3.05, 3.63) is 22.9 Å². The zero-order valence-electron chi connectivity index (χ0n) is 15.0. The van der Waals surface area contributed by atoms with Gasteiger partial charge in [-0.25, -0.2) is 4.98 Å². The van der Waals surface area contributed by atoms with E-state index in [9.17, 15) is 9.90 Å². The maximum absolute atomic E-state index is 12.0. The first-order valence-corrected chi connectivity index (χ1v) is 9.08. The minimum Gasteiger partial charge on any atom is -0.390 e. The number of carbonyl (C=O) groups excluding carboxylic acids is 1. The van der Waals surface area contributed by atoms with Crippen LogP contribution in [0.5, 0.6) is 0 Å². The van der Waals surface area contributed by atoms with Gasteiger partial charge in [0.1, 0.15) is 5.82 Å². The molecular formula is C19H29N3O2. The van der Waals surface area contributed by atoms with Crippen molar-refractivity contribution in [1.82, 2.24) is 4.98 Å². The van der Waals surface area contributed by atoms with Crippen LogP contribution in [0.3, 0.4) is 0 Å². The Bertz CT molecular complexity index is 640. The van der Waals surface area contributed by atoms with Crippen molar-refractivity contribution >= 4 is 11.7 Å². The van der Waals surface area contributed by atoms with Crippen LogP contribution in [0.4, 0.5) is 5.82 Å². The predicted molar refractivity (Wildman–Crippen MR) is 95.2 cm³/mol. The van der Waals surface area contributed by atoms with Crippen LogP contribution >= 0.6 is 0 Å². The van der Waals surface area contributed by atoms with Gasteiger partial charge in [-0.3, -0.25) is 4.79 Å². The number of amides is 1. The van der Waals surface area contributed by atoms with E-state index < -0.39 is 11.5 Å². The molecule has 0 aromatic carbocycles. The fourth-order valence-corrected chi connectivity index (χ4v) is 4.09. The van der Waals surface area contributed by atoms with Gasteiger partial charge in [-0.05, 0) is 56.6 Å². The van der Waals surface area contributed by atoms with Gasteiger partial charge in [-0.2, -0.15) is 0 Å². The quantitative estimate of drug-likeness (QED) is 0.887. The molecule has 1 amide bonds. The number of anilines is 1. The fourth-order valence-electron chi connectivity index (χ4n) is 4.09. The summed E-state index contributed by atoms with van der Waals surface area (Å²) in [5.41, 5.74) is 7.76. The molecular weight excluding hydrogens is 302 g/mol. The Hall–Kier alpha value is -1.62. The lowest BCUT2D eigenvalue weighted by atomic mass is 9.78. The highest BCUT2D eigenvalue weighted by Gasteiger charge is 2.39. The number of piperidine rings is 1. The third kappa shape index (κ3) is 3.27. The van der Waals surface area contributed by atoms with Gasteiger partial charge >= 0.3 is 0 Å². The van der Waals surface area contributed by atoms with Crippen molar-refractivity contribution in [2.45, 2.75) is 58.5 Å². The van der Waals surface area contributed by atoms with Gasteiger partial charge in [0, 0.05) is 24.7 Å². The molecule has 2 aliphatic rings. The van der Waals surface area contributed by atoms with Gasteiger partial charge in [0.2, 0.25) is 0 Å². The summed E-state index contributed by atoms with van der Waals surface area (Å²) in [6, 6.07) is 1.94. The van der Waals surface area contributed by atoms with E-state index in [2.05, 4.69) is 18.7 Å². The largest absolute Gasteiger partial charge is 0.390 e. The number of aliphatic hydroxyl groups is 1. The van der Waals surface area contributed by atoms with Crippen molar-refractivity contribution in [3.63, 3.8) is 0 Å². The number of carbonyl (C=O) groups is 1. The summed E-state index contributed by atoms with van der Waals surface area (Å²) in [4.78, 5) is 18.9. The lowest BCUT2D eigenvalue weighted by Crippen LogP contribution is -2.51. The van der Waals surface area contributed by atoms with E-state index in [4.69, 9.17) is 10.7 Å². The van der Waals surface area contributed by atoms with Crippen LogP contribution in [0.1, 0.15) is 61.6 Å². The Morgan fingerprint density at radius 2 is 2.25 bits per heavy atom. The fraction of sp³-hybridized carbons (Fsp3) is 0.684. The molecule has 1 aromatic rings. The van der Waals surface area contributed by atoms with Gasteiger partial charge in [-0.15, -0.1) is 0 Å². The number of aromatic nitrogens is 1. The molecule has 0 spiro atoms. The van der Waals surface area contributed by atoms with Crippen molar-refractivity contribution in [2.75, 3.05) is 18.0 Å². The molecule has 2 heterocycles. The third-order valence-corrected chi connectivity index (χ3v) is 5.56. The van der Waals surface area contributed by atoms with Crippen LogP contribution < -0.4 is 10.6 Å². The zero-order chi connectivity index (χ0) is 17.5. The minimum atomic E-state index is -0.662. The van der Waals surface area contributed by atoms with E-state index >= 15 is 0 Å². The van der Waals surface area contributed by atoms with Crippen LogP contribution in [0, 0.1) is 11.8 Å². The molecule has 0 radical (unpaired) electrons. The highest BCUT2D eigenvalue weighted by Crippen LogP contribution is 2.36. The summed E-state index contributed by atoms with van der Waals surface area (Å²) in [5.74, 6) is 0.990. The zero-order valence-corrected chi connectivity index (χ0v) is 15.0. The summed E-state index contributed by atoms with van der Waals surface area (Å²) in [6.07, 6.45) is 4.69. The Labute approximate surface area is 144 Å². The lowest BCUT2D eigenvalue weighted by Gasteiger charge is -2.44. The van der Waals surface area contributed by atoms with Gasteiger partial charge in [-0.1, -0.05) is 13.8 Å². The summed E-state index contributed by atoms with van der Waals surface area (Å²) in [6.45, 7) is 7.71. The summed E-state index contributed by atoms with van der Waals surface area (Å²) < 4.78 is 0. The predicted octanol–water partition coefficient (Wildman–Crippen LogP) is 2.29. The van der Waals surface area contributed by atoms with Gasteiger partial charge in [0.15, 0.2) is 0 Å². The molecule has 0 bridgehead atoms. The molecule has 24 heavy (non-hydrogen) atoms. The highest BCUT2D eigenvalue weighted by atomic mass is 16.3. The molecule has 1 aromatic heterocycles. The number of hydrogen-bond acceptors (Lipinski definition) is 4. The summed E-state index contributed by atoms with van der Waals surface area (Å²) in [5, 5.41) is 10.7. The van der Waals surface area contributed by atoms with Gasteiger partial charge < -0.3 is 15.7 Å². The Morgan fingerprint density at radius 3 is 2.92 bits per heavy atom. The maximum atomic E-state index is 12.0. The van der Waals surface area contributed by atoms with E-state index in [1.54, 1.807) is 0 Å². The Kier molecular flexibility index (Phi) is 4.56. The van der Waals surface area contributed by atoms with Crippen molar-refractivity contribution < 1.29 is 9.90 Å². The van der Waals surface area contributed by atoms with Crippen LogP contribution in [-0.2, 0) is 12.8 Å². The third-order valence-electron chi connectivity index (χ3n) is 5.56. The Morgan fingerprint density at radius 1 is 1.50 bits per heavy atom. The molecule has 1 saturated heterocycles. The average Bonchev–Trinajstić information content (AvgIpc) is 2.95. The molecule has 0 saturated carbocycles. The van der Waals surface area contributed by atoms with E-state index in [1.165, 1.54) is 0 Å². The molecule has 5 heteroatoms. The van der Waals surface area contributed by atoms with Crippen LogP contribution in [0.2, 0.25) is 0 Å². The Balaban J connectivity index is 1.92. The van der Waals surface area contributed by atoms with Crippen LogP contribution in [0.25, 0.3) is 0 Å². The van der Waals surface area contributed by atoms with E-state index in [-0.39, 0.29) is 5.92 Å². The number of rotatable bonds is 4. The second-order valence-electron chi connectivity index (χ2n) is 8.06. The molecule has 1 fully saturated rings. The smallest absolute Gasteiger partial charge is 0.252 e.